The average Bonchev–Trinajstić information content (AvgIpc) is 2.85. The minimum Gasteiger partial charge on any atom is -0.351 e. The molecule has 138 valence electrons. The summed E-state index contributed by atoms with van der Waals surface area (Å²) in [6, 6.07) is 10.2. The number of nitrogens with zero attached hydrogens (tertiary/aromatic N) is 2. The van der Waals surface area contributed by atoms with Crippen LogP contribution in [0.2, 0.25) is 0 Å². The summed E-state index contributed by atoms with van der Waals surface area (Å²) in [6.07, 6.45) is 1.21. The van der Waals surface area contributed by atoms with Crippen LogP contribution in [0.15, 0.2) is 47.4 Å². The van der Waals surface area contributed by atoms with Gasteiger partial charge in [0, 0.05) is 17.7 Å². The van der Waals surface area contributed by atoms with Crippen LogP contribution in [0.3, 0.4) is 0 Å². The van der Waals surface area contributed by atoms with E-state index in [2.05, 4.69) is 10.3 Å². The Morgan fingerprint density at radius 3 is 2.58 bits per heavy atom. The molecule has 0 aliphatic carbocycles. The van der Waals surface area contributed by atoms with Gasteiger partial charge in [-0.25, -0.2) is 4.79 Å². The first kappa shape index (κ1) is 18.9. The number of hydrogen-bond acceptors (Lipinski definition) is 4. The van der Waals surface area contributed by atoms with E-state index in [1.165, 1.54) is 16.8 Å². The lowest BCUT2D eigenvalue weighted by molar-refractivity contribution is -0.00914. The van der Waals surface area contributed by atoms with Crippen molar-refractivity contribution in [2.45, 2.75) is 36.9 Å². The molecular formula is C18H19Cl2N3O3. The molecule has 8 heteroatoms. The Morgan fingerprint density at radius 2 is 2.00 bits per heavy atom. The Labute approximate surface area is 161 Å². The monoisotopic (exact) mass is 395 g/mol. The van der Waals surface area contributed by atoms with E-state index < -0.39 is 16.3 Å². The summed E-state index contributed by atoms with van der Waals surface area (Å²) >= 11 is 12.9. The van der Waals surface area contributed by atoms with Crippen molar-refractivity contribution in [3.05, 3.63) is 58.6 Å². The standard InChI is InChI=1S/C18H19Cl2N3O3/c1-3-13-11(2)18(19,20)16(26-13)23-10-9-14(22-17(23)25)21-15(24)12-7-5-4-6-8-12/h4-11,13,16H,3H2,1-2H3,(H,21,22,24,25)/t11-,13-,16-/m1/s1. The number of ether oxygens (including phenoxy) is 1. The molecule has 2 heterocycles. The van der Waals surface area contributed by atoms with Crippen molar-refractivity contribution in [2.75, 3.05) is 5.32 Å². The molecule has 2 aromatic rings. The first-order valence-corrected chi connectivity index (χ1v) is 9.09. The Kier molecular flexibility index (Phi) is 5.37. The van der Waals surface area contributed by atoms with Gasteiger partial charge in [0.2, 0.25) is 0 Å². The van der Waals surface area contributed by atoms with Crippen molar-refractivity contribution in [1.29, 1.82) is 0 Å². The molecule has 1 amide bonds. The van der Waals surface area contributed by atoms with Crippen LogP contribution in [0, 0.1) is 5.92 Å². The van der Waals surface area contributed by atoms with Crippen LogP contribution >= 0.6 is 23.2 Å². The predicted octanol–water partition coefficient (Wildman–Crippen LogP) is 3.61. The van der Waals surface area contributed by atoms with Gasteiger partial charge in [-0.1, -0.05) is 55.2 Å². The van der Waals surface area contributed by atoms with Crippen LogP contribution in [0.25, 0.3) is 0 Å². The fourth-order valence-electron chi connectivity index (χ4n) is 2.99. The van der Waals surface area contributed by atoms with Gasteiger partial charge in [-0.05, 0) is 24.6 Å². The number of rotatable bonds is 4. The third-order valence-electron chi connectivity index (χ3n) is 4.56. The van der Waals surface area contributed by atoms with E-state index in [0.29, 0.717) is 5.56 Å². The van der Waals surface area contributed by atoms with Gasteiger partial charge in [-0.2, -0.15) is 4.98 Å². The van der Waals surface area contributed by atoms with E-state index in [1.807, 2.05) is 19.9 Å². The second-order valence-electron chi connectivity index (χ2n) is 6.22. The van der Waals surface area contributed by atoms with E-state index in [0.717, 1.165) is 6.42 Å². The second kappa shape index (κ2) is 7.39. The average molecular weight is 396 g/mol. The highest BCUT2D eigenvalue weighted by Crippen LogP contribution is 2.50. The van der Waals surface area contributed by atoms with Gasteiger partial charge in [-0.3, -0.25) is 9.36 Å². The maximum Gasteiger partial charge on any atom is 0.351 e. The number of alkyl halides is 2. The number of amides is 1. The first-order chi connectivity index (χ1) is 12.3. The van der Waals surface area contributed by atoms with Gasteiger partial charge in [-0.15, -0.1) is 0 Å². The molecule has 1 aromatic carbocycles. The Morgan fingerprint density at radius 1 is 1.31 bits per heavy atom. The quantitative estimate of drug-likeness (QED) is 0.802. The van der Waals surface area contributed by atoms with E-state index in [9.17, 15) is 9.59 Å². The van der Waals surface area contributed by atoms with Crippen LogP contribution in [-0.4, -0.2) is 25.9 Å². The molecule has 1 N–H and O–H groups in total. The molecule has 3 atom stereocenters. The molecule has 0 bridgehead atoms. The van der Waals surface area contributed by atoms with Crippen LogP contribution in [0.5, 0.6) is 0 Å². The van der Waals surface area contributed by atoms with Crippen molar-refractivity contribution < 1.29 is 9.53 Å². The zero-order valence-corrected chi connectivity index (χ0v) is 15.9. The minimum atomic E-state index is -1.25. The lowest BCUT2D eigenvalue weighted by atomic mass is 10.0. The van der Waals surface area contributed by atoms with Crippen molar-refractivity contribution >= 4 is 34.9 Å². The molecule has 3 rings (SSSR count). The van der Waals surface area contributed by atoms with Crippen molar-refractivity contribution in [1.82, 2.24) is 9.55 Å². The lowest BCUT2D eigenvalue weighted by Crippen LogP contribution is -2.36. The number of carbonyl (C=O) groups is 1. The Hall–Kier alpha value is -1.89. The molecule has 6 nitrogen and oxygen atoms in total. The molecular weight excluding hydrogens is 377 g/mol. The number of hydrogen-bond donors (Lipinski definition) is 1. The van der Waals surface area contributed by atoms with E-state index >= 15 is 0 Å². The van der Waals surface area contributed by atoms with E-state index in [4.69, 9.17) is 27.9 Å². The molecule has 1 aliphatic heterocycles. The highest BCUT2D eigenvalue weighted by atomic mass is 35.5. The molecule has 0 spiro atoms. The minimum absolute atomic E-state index is 0.146. The molecule has 1 aromatic heterocycles. The van der Waals surface area contributed by atoms with E-state index in [1.54, 1.807) is 24.3 Å². The van der Waals surface area contributed by atoms with Crippen LogP contribution < -0.4 is 11.0 Å². The summed E-state index contributed by atoms with van der Waals surface area (Å²) in [5.74, 6) is -0.353. The molecule has 0 radical (unpaired) electrons. The van der Waals surface area contributed by atoms with Gasteiger partial charge in [0.05, 0.1) is 6.10 Å². The molecule has 0 saturated carbocycles. The molecule has 26 heavy (non-hydrogen) atoms. The van der Waals surface area contributed by atoms with Gasteiger partial charge >= 0.3 is 5.69 Å². The van der Waals surface area contributed by atoms with Crippen LogP contribution in [0.4, 0.5) is 5.82 Å². The normalized spacial score (nSPS) is 24.4. The number of nitrogens with one attached hydrogen (secondary N) is 1. The Bertz CT molecular complexity index is 854. The molecule has 1 saturated heterocycles. The summed E-state index contributed by atoms with van der Waals surface area (Å²) in [5, 5.41) is 2.60. The lowest BCUT2D eigenvalue weighted by Gasteiger charge is -2.25. The third kappa shape index (κ3) is 3.49. The van der Waals surface area contributed by atoms with Gasteiger partial charge in [0.15, 0.2) is 10.6 Å². The smallest absolute Gasteiger partial charge is 0.351 e. The van der Waals surface area contributed by atoms with Crippen LogP contribution in [0.1, 0.15) is 36.9 Å². The summed E-state index contributed by atoms with van der Waals surface area (Å²) in [5.41, 5.74) is -0.131. The van der Waals surface area contributed by atoms with Crippen molar-refractivity contribution in [3.8, 4) is 0 Å². The summed E-state index contributed by atoms with van der Waals surface area (Å²) in [7, 11) is 0. The summed E-state index contributed by atoms with van der Waals surface area (Å²) in [4.78, 5) is 28.5. The molecule has 0 unspecified atom stereocenters. The number of halogens is 2. The van der Waals surface area contributed by atoms with Gasteiger partial charge < -0.3 is 10.1 Å². The van der Waals surface area contributed by atoms with Gasteiger partial charge in [0.25, 0.3) is 5.91 Å². The van der Waals surface area contributed by atoms with E-state index in [-0.39, 0.29) is 23.7 Å². The first-order valence-electron chi connectivity index (χ1n) is 8.33. The number of carbonyl (C=O) groups excluding carboxylic acids is 1. The number of benzene rings is 1. The van der Waals surface area contributed by atoms with Crippen molar-refractivity contribution in [3.63, 3.8) is 0 Å². The highest BCUT2D eigenvalue weighted by Gasteiger charge is 2.53. The fourth-order valence-corrected chi connectivity index (χ4v) is 3.58. The molecule has 1 aliphatic rings. The summed E-state index contributed by atoms with van der Waals surface area (Å²) < 4.78 is 5.87. The van der Waals surface area contributed by atoms with Crippen LogP contribution in [-0.2, 0) is 4.74 Å². The van der Waals surface area contributed by atoms with Crippen molar-refractivity contribution in [2.24, 2.45) is 5.92 Å². The zero-order chi connectivity index (χ0) is 18.9. The molecule has 1 fully saturated rings. The second-order valence-corrected chi connectivity index (χ2v) is 7.67. The number of aromatic nitrogens is 2. The van der Waals surface area contributed by atoms with Gasteiger partial charge in [0.1, 0.15) is 5.82 Å². The number of anilines is 1. The SMILES string of the molecule is CC[C@H]1O[C@@H](n2ccc(NC(=O)c3ccccc3)nc2=O)C(Cl)(Cl)[C@@H]1C. The third-order valence-corrected chi connectivity index (χ3v) is 5.62. The summed E-state index contributed by atoms with van der Waals surface area (Å²) in [6.45, 7) is 3.86. The maximum atomic E-state index is 12.4. The maximum absolute atomic E-state index is 12.4. The fraction of sp³-hybridized carbons (Fsp3) is 0.389. The predicted molar refractivity (Wildman–Crippen MR) is 101 cm³/mol. The Balaban J connectivity index is 1.82. The zero-order valence-electron chi connectivity index (χ0n) is 14.4. The highest BCUT2D eigenvalue weighted by molar-refractivity contribution is 6.49. The topological polar surface area (TPSA) is 73.2 Å². The largest absolute Gasteiger partial charge is 0.351 e.